The zero-order chi connectivity index (χ0) is 34.2. The molecule has 0 aliphatic carbocycles. The van der Waals surface area contributed by atoms with Crippen molar-refractivity contribution in [3.05, 3.63) is 45.3 Å². The molecule has 1 aromatic carbocycles. The van der Waals surface area contributed by atoms with Crippen LogP contribution in [0, 0.1) is 0 Å². The lowest BCUT2D eigenvalue weighted by atomic mass is 9.99. The minimum absolute atomic E-state index is 0.0573. The first-order valence-electron chi connectivity index (χ1n) is 16.4. The summed E-state index contributed by atoms with van der Waals surface area (Å²) in [7, 11) is 2.11. The molecule has 3 saturated heterocycles. The third-order valence-corrected chi connectivity index (χ3v) is 11.3. The van der Waals surface area contributed by atoms with Crippen LogP contribution in [-0.4, -0.2) is 120 Å². The smallest absolute Gasteiger partial charge is 0.397 e. The van der Waals surface area contributed by atoms with E-state index in [1.54, 1.807) is 14.7 Å². The van der Waals surface area contributed by atoms with Crippen molar-refractivity contribution >= 4 is 51.6 Å². The second-order valence-electron chi connectivity index (χ2n) is 13.2. The summed E-state index contributed by atoms with van der Waals surface area (Å²) < 4.78 is 41.3. The van der Waals surface area contributed by atoms with Crippen LogP contribution in [0.5, 0.6) is 0 Å². The summed E-state index contributed by atoms with van der Waals surface area (Å²) in [5, 5.41) is 8.32. The number of fused-ring (bicyclic) bond motifs is 1. The number of nitrogens with one attached hydrogen (secondary N) is 2. The van der Waals surface area contributed by atoms with Gasteiger partial charge in [-0.25, -0.2) is 9.59 Å². The number of piperazine rings is 1. The van der Waals surface area contributed by atoms with Crippen molar-refractivity contribution in [2.24, 2.45) is 0 Å². The fraction of sp³-hybridized carbons (Fsp3) is 0.594. The predicted molar refractivity (Wildman–Crippen MR) is 179 cm³/mol. The number of nitrogen functional groups attached to an aromatic ring is 1. The molecule has 0 saturated carbocycles. The van der Waals surface area contributed by atoms with Gasteiger partial charge < -0.3 is 30.7 Å². The number of rotatable bonds is 6. The van der Waals surface area contributed by atoms with Crippen molar-refractivity contribution in [1.82, 2.24) is 29.8 Å². The molecule has 0 spiro atoms. The molecule has 11 nitrogen and oxygen atoms in total. The minimum Gasteiger partial charge on any atom is -0.397 e. The number of likely N-dealkylation sites (tertiary alicyclic amines) is 2. The number of halogens is 4. The number of thiophene rings is 1. The molecule has 1 aromatic heterocycles. The highest BCUT2D eigenvalue weighted by Gasteiger charge is 2.38. The number of alkyl halides is 3. The van der Waals surface area contributed by atoms with Gasteiger partial charge in [-0.15, -0.1) is 11.3 Å². The van der Waals surface area contributed by atoms with Crippen molar-refractivity contribution in [3.63, 3.8) is 0 Å². The Morgan fingerprint density at radius 3 is 2.35 bits per heavy atom. The SMILES string of the molecule is CN1CCC(N2CCN(C(=O)[C@@H](Cc3cc(Cl)c(N)c(C(F)(F)F)c3)NC(=O)N3CCC(N4Cc5ccsc5NC4=O)CC3)CC2)CC1. The lowest BCUT2D eigenvalue weighted by Gasteiger charge is -2.43. The van der Waals surface area contributed by atoms with Crippen LogP contribution in [0.15, 0.2) is 23.6 Å². The quantitative estimate of drug-likeness (QED) is 0.384. The first kappa shape index (κ1) is 34.6. The normalized spacial score (nSPS) is 21.2. The number of urea groups is 2. The minimum atomic E-state index is -4.74. The van der Waals surface area contributed by atoms with Crippen LogP contribution in [-0.2, 0) is 23.9 Å². The van der Waals surface area contributed by atoms with Crippen LogP contribution >= 0.6 is 22.9 Å². The largest absolute Gasteiger partial charge is 0.418 e. The summed E-state index contributed by atoms with van der Waals surface area (Å²) in [6.07, 6.45) is -1.68. The van der Waals surface area contributed by atoms with Gasteiger partial charge in [-0.3, -0.25) is 15.0 Å². The molecule has 4 aliphatic rings. The fourth-order valence-electron chi connectivity index (χ4n) is 7.26. The van der Waals surface area contributed by atoms with E-state index >= 15 is 0 Å². The fourth-order valence-corrected chi connectivity index (χ4v) is 8.30. The third-order valence-electron chi connectivity index (χ3n) is 10.1. The Morgan fingerprint density at radius 2 is 1.69 bits per heavy atom. The molecule has 5 heterocycles. The Hall–Kier alpha value is -3.27. The van der Waals surface area contributed by atoms with E-state index in [0.717, 1.165) is 42.6 Å². The van der Waals surface area contributed by atoms with Gasteiger partial charge in [0.05, 0.1) is 22.8 Å². The summed E-state index contributed by atoms with van der Waals surface area (Å²) in [5.74, 6) is -0.348. The number of anilines is 2. The number of nitrogens with zero attached hydrogens (tertiary/aromatic N) is 5. The Kier molecular flexibility index (Phi) is 10.3. The van der Waals surface area contributed by atoms with Gasteiger partial charge in [0.2, 0.25) is 5.91 Å². The summed E-state index contributed by atoms with van der Waals surface area (Å²) >= 11 is 7.60. The Labute approximate surface area is 287 Å². The van der Waals surface area contributed by atoms with Gasteiger partial charge in [0.25, 0.3) is 0 Å². The van der Waals surface area contributed by atoms with Gasteiger partial charge >= 0.3 is 18.2 Å². The molecular formula is C32H42ClF3N8O3S. The van der Waals surface area contributed by atoms with Crippen molar-refractivity contribution in [3.8, 4) is 0 Å². The number of amides is 5. The molecule has 6 rings (SSSR count). The summed E-state index contributed by atoms with van der Waals surface area (Å²) in [4.78, 5) is 50.2. The maximum absolute atomic E-state index is 14.0. The molecule has 4 aliphatic heterocycles. The van der Waals surface area contributed by atoms with E-state index in [0.29, 0.717) is 64.7 Å². The van der Waals surface area contributed by atoms with Gasteiger partial charge in [-0.1, -0.05) is 11.6 Å². The standard InChI is InChI=1S/C32H42ClF3N8O3S/c1-40-7-2-22(3-8-40)41-11-13-42(14-12-41)29(45)26(18-20-16-24(32(34,35)36)27(37)25(33)17-20)38-30(46)43-9-4-23(5-10-43)44-19-21-6-15-48-28(21)39-31(44)47/h6,15-17,22-23,26H,2-5,7-14,18-19,37H2,1H3,(H,38,46)(H,39,47)/t26-/m1/s1. The van der Waals surface area contributed by atoms with E-state index in [9.17, 15) is 27.6 Å². The highest BCUT2D eigenvalue weighted by atomic mass is 35.5. The number of nitrogens with two attached hydrogens (primary N) is 1. The predicted octanol–water partition coefficient (Wildman–Crippen LogP) is 4.37. The van der Waals surface area contributed by atoms with E-state index in [2.05, 4.69) is 27.5 Å². The Bertz CT molecular complexity index is 1500. The molecule has 16 heteroatoms. The average Bonchev–Trinajstić information content (AvgIpc) is 3.52. The van der Waals surface area contributed by atoms with E-state index < -0.39 is 29.5 Å². The van der Waals surface area contributed by atoms with Crippen LogP contribution in [0.3, 0.4) is 0 Å². The molecule has 1 atom stereocenters. The average molecular weight is 711 g/mol. The van der Waals surface area contributed by atoms with Gasteiger partial charge in [0.15, 0.2) is 0 Å². The van der Waals surface area contributed by atoms with Gasteiger partial charge in [-0.2, -0.15) is 13.2 Å². The Balaban J connectivity index is 1.13. The first-order valence-corrected chi connectivity index (χ1v) is 17.7. The zero-order valence-electron chi connectivity index (χ0n) is 26.9. The molecule has 262 valence electrons. The van der Waals surface area contributed by atoms with Gasteiger partial charge in [0.1, 0.15) is 11.0 Å². The van der Waals surface area contributed by atoms with Crippen LogP contribution in [0.4, 0.5) is 33.4 Å². The van der Waals surface area contributed by atoms with E-state index in [4.69, 9.17) is 17.3 Å². The van der Waals surface area contributed by atoms with Crippen LogP contribution in [0.2, 0.25) is 5.02 Å². The maximum Gasteiger partial charge on any atom is 0.418 e. The second kappa shape index (κ2) is 14.3. The molecule has 3 fully saturated rings. The maximum atomic E-state index is 14.0. The summed E-state index contributed by atoms with van der Waals surface area (Å²) in [6.45, 7) is 5.59. The van der Waals surface area contributed by atoms with E-state index in [1.807, 2.05) is 11.4 Å². The highest BCUT2D eigenvalue weighted by Crippen LogP contribution is 2.38. The van der Waals surface area contributed by atoms with Crippen molar-refractivity contribution in [2.75, 3.05) is 70.5 Å². The molecular weight excluding hydrogens is 669 g/mol. The van der Waals surface area contributed by atoms with Gasteiger partial charge in [0, 0.05) is 63.3 Å². The van der Waals surface area contributed by atoms with E-state index in [1.165, 1.54) is 17.4 Å². The van der Waals surface area contributed by atoms with Crippen LogP contribution < -0.4 is 16.4 Å². The number of carbonyl (C=O) groups is 3. The van der Waals surface area contributed by atoms with Crippen molar-refractivity contribution in [2.45, 2.75) is 63.0 Å². The number of carbonyl (C=O) groups excluding carboxylic acids is 3. The monoisotopic (exact) mass is 710 g/mol. The number of hydrogen-bond donors (Lipinski definition) is 3. The molecule has 48 heavy (non-hydrogen) atoms. The van der Waals surface area contributed by atoms with E-state index in [-0.39, 0.29) is 35.0 Å². The molecule has 0 bridgehead atoms. The third kappa shape index (κ3) is 7.63. The topological polar surface area (TPSA) is 117 Å². The summed E-state index contributed by atoms with van der Waals surface area (Å²) in [5.41, 5.74) is 5.21. The lowest BCUT2D eigenvalue weighted by Crippen LogP contribution is -2.59. The van der Waals surface area contributed by atoms with Crippen LogP contribution in [0.25, 0.3) is 0 Å². The highest BCUT2D eigenvalue weighted by molar-refractivity contribution is 7.14. The number of hydrogen-bond acceptors (Lipinski definition) is 7. The lowest BCUT2D eigenvalue weighted by molar-refractivity contribution is -0.137. The first-order chi connectivity index (χ1) is 22.9. The van der Waals surface area contributed by atoms with Crippen LogP contribution in [0.1, 0.15) is 42.4 Å². The summed E-state index contributed by atoms with van der Waals surface area (Å²) in [6, 6.07) is 2.87. The molecule has 4 N–H and O–H groups in total. The molecule has 0 radical (unpaired) electrons. The Morgan fingerprint density at radius 1 is 1.02 bits per heavy atom. The molecule has 2 aromatic rings. The van der Waals surface area contributed by atoms with Crippen molar-refractivity contribution in [1.29, 1.82) is 0 Å². The number of piperidine rings is 2. The van der Waals surface area contributed by atoms with Gasteiger partial charge in [-0.05, 0) is 75.0 Å². The van der Waals surface area contributed by atoms with Crippen molar-refractivity contribution < 1.29 is 27.6 Å². The molecule has 0 unspecified atom stereocenters. The number of benzene rings is 1. The molecule has 5 amide bonds. The zero-order valence-corrected chi connectivity index (χ0v) is 28.5. The second-order valence-corrected chi connectivity index (χ2v) is 14.5.